The maximum Gasteiger partial charge on any atom is 0.150 e. The van der Waals surface area contributed by atoms with Gasteiger partial charge in [0, 0.05) is 11.3 Å². The minimum Gasteiger partial charge on any atom is -0.360 e. The molecule has 0 unspecified atom stereocenters. The molecule has 1 N–H and O–H groups in total. The van der Waals surface area contributed by atoms with E-state index in [0.29, 0.717) is 0 Å². The Hall–Kier alpha value is -1.35. The average Bonchev–Trinajstić information content (AvgIpc) is 2.46. The fraction of sp³-hybridized carbons (Fsp3) is 0.562. The number of aldehydes is 1. The predicted octanol–water partition coefficient (Wildman–Crippen LogP) is 1.31. The van der Waals surface area contributed by atoms with Gasteiger partial charge < -0.3 is 9.80 Å². The minimum atomic E-state index is 0.765. The van der Waals surface area contributed by atoms with E-state index in [0.717, 1.165) is 31.0 Å². The Bertz CT molecular complexity index is 436. The Kier molecular flexibility index (Phi) is 4.59. The second-order valence-electron chi connectivity index (χ2n) is 5.62. The van der Waals surface area contributed by atoms with E-state index < -0.39 is 0 Å². The van der Waals surface area contributed by atoms with E-state index in [1.165, 1.54) is 30.8 Å². The lowest BCUT2D eigenvalue weighted by molar-refractivity contribution is -0.924. The molecule has 0 amide bonds. The number of nitrogens with one attached hydrogen (secondary N) is 1. The summed E-state index contributed by atoms with van der Waals surface area (Å²) in [6, 6.07) is 6.76. The highest BCUT2D eigenvalue weighted by Gasteiger charge is 2.24. The number of benzene rings is 1. The van der Waals surface area contributed by atoms with Crippen LogP contribution in [0.5, 0.6) is 0 Å². The normalized spacial score (nSPS) is 18.4. The van der Waals surface area contributed by atoms with Crippen molar-refractivity contribution in [2.45, 2.75) is 33.2 Å². The lowest BCUT2D eigenvalue weighted by atomic mass is 10.1. The van der Waals surface area contributed by atoms with Gasteiger partial charge in [-0.15, -0.1) is 0 Å². The van der Waals surface area contributed by atoms with Crippen molar-refractivity contribution < 1.29 is 9.69 Å². The maximum absolute atomic E-state index is 10.8. The molecule has 0 radical (unpaired) electrons. The molecule has 0 aromatic heterocycles. The number of carbonyl (C=O) groups is 1. The van der Waals surface area contributed by atoms with Crippen LogP contribution in [0, 0.1) is 6.92 Å². The van der Waals surface area contributed by atoms with Gasteiger partial charge in [0.1, 0.15) is 6.29 Å². The van der Waals surface area contributed by atoms with Crippen LogP contribution < -0.4 is 9.80 Å². The average molecular weight is 261 g/mol. The summed E-state index contributed by atoms with van der Waals surface area (Å²) in [5, 5.41) is 0. The quantitative estimate of drug-likeness (QED) is 0.827. The summed E-state index contributed by atoms with van der Waals surface area (Å²) in [6.07, 6.45) is 2.17. The van der Waals surface area contributed by atoms with Crippen molar-refractivity contribution in [3.05, 3.63) is 29.3 Å². The molecule has 2 rings (SSSR count). The molecule has 1 aromatic carbocycles. The predicted molar refractivity (Wildman–Crippen MR) is 79.2 cm³/mol. The van der Waals surface area contributed by atoms with Gasteiger partial charge in [-0.25, -0.2) is 0 Å². The second-order valence-corrected chi connectivity index (χ2v) is 5.62. The molecular formula is C16H25N2O+. The number of quaternary nitrogens is 1. The molecule has 0 bridgehead atoms. The van der Waals surface area contributed by atoms with E-state index in [1.807, 2.05) is 12.1 Å². The highest BCUT2D eigenvalue weighted by atomic mass is 16.1. The fourth-order valence-electron chi connectivity index (χ4n) is 2.92. The third kappa shape index (κ3) is 3.16. The van der Waals surface area contributed by atoms with Gasteiger partial charge in [0.2, 0.25) is 0 Å². The van der Waals surface area contributed by atoms with Crippen LogP contribution in [-0.2, 0) is 0 Å². The zero-order valence-electron chi connectivity index (χ0n) is 12.3. The van der Waals surface area contributed by atoms with Crippen molar-refractivity contribution in [2.75, 3.05) is 31.1 Å². The van der Waals surface area contributed by atoms with Gasteiger partial charge in [-0.3, -0.25) is 4.79 Å². The third-order valence-electron chi connectivity index (χ3n) is 4.41. The number of carbonyl (C=O) groups excluding carboxylic acids is 1. The van der Waals surface area contributed by atoms with Crippen molar-refractivity contribution in [3.8, 4) is 0 Å². The SMILES string of the molecule is CC[C@@H](C)[NH+]1CCN(c2ccc(C=O)cc2C)CC1. The lowest BCUT2D eigenvalue weighted by Gasteiger charge is -2.37. The van der Waals surface area contributed by atoms with Gasteiger partial charge in [0.25, 0.3) is 0 Å². The minimum absolute atomic E-state index is 0.765. The Balaban J connectivity index is 2.03. The Morgan fingerprint density at radius 2 is 2.05 bits per heavy atom. The van der Waals surface area contributed by atoms with Crippen molar-refractivity contribution in [1.82, 2.24) is 0 Å². The number of nitrogens with zero attached hydrogens (tertiary/aromatic N) is 1. The molecule has 1 heterocycles. The molecule has 1 saturated heterocycles. The molecule has 0 spiro atoms. The van der Waals surface area contributed by atoms with E-state index in [2.05, 4.69) is 31.7 Å². The van der Waals surface area contributed by atoms with Gasteiger partial charge in [-0.2, -0.15) is 0 Å². The molecule has 3 heteroatoms. The molecule has 1 aromatic rings. The van der Waals surface area contributed by atoms with E-state index in [9.17, 15) is 4.79 Å². The van der Waals surface area contributed by atoms with Gasteiger partial charge in [-0.05, 0) is 44.0 Å². The van der Waals surface area contributed by atoms with Crippen LogP contribution in [0.25, 0.3) is 0 Å². The molecule has 1 aliphatic rings. The third-order valence-corrected chi connectivity index (χ3v) is 4.41. The first-order valence-electron chi connectivity index (χ1n) is 7.31. The van der Waals surface area contributed by atoms with Crippen LogP contribution >= 0.6 is 0 Å². The van der Waals surface area contributed by atoms with Crippen LogP contribution in [-0.4, -0.2) is 38.5 Å². The van der Waals surface area contributed by atoms with E-state index in [-0.39, 0.29) is 0 Å². The summed E-state index contributed by atoms with van der Waals surface area (Å²) >= 11 is 0. The van der Waals surface area contributed by atoms with Crippen molar-refractivity contribution in [3.63, 3.8) is 0 Å². The molecule has 1 aliphatic heterocycles. The van der Waals surface area contributed by atoms with Crippen LogP contribution in [0.15, 0.2) is 18.2 Å². The van der Waals surface area contributed by atoms with Gasteiger partial charge in [0.05, 0.1) is 32.2 Å². The van der Waals surface area contributed by atoms with Crippen molar-refractivity contribution in [2.24, 2.45) is 0 Å². The summed E-state index contributed by atoms with van der Waals surface area (Å²) in [5.41, 5.74) is 3.26. The van der Waals surface area contributed by atoms with Crippen LogP contribution in [0.3, 0.4) is 0 Å². The summed E-state index contributed by atoms with van der Waals surface area (Å²) < 4.78 is 0. The largest absolute Gasteiger partial charge is 0.360 e. The second kappa shape index (κ2) is 6.20. The highest BCUT2D eigenvalue weighted by Crippen LogP contribution is 2.20. The van der Waals surface area contributed by atoms with E-state index in [1.54, 1.807) is 4.90 Å². The number of aryl methyl sites for hydroxylation is 1. The first-order chi connectivity index (χ1) is 9.15. The molecule has 0 aliphatic carbocycles. The van der Waals surface area contributed by atoms with Crippen LogP contribution in [0.2, 0.25) is 0 Å². The lowest BCUT2D eigenvalue weighted by Crippen LogP contribution is -3.17. The summed E-state index contributed by atoms with van der Waals surface area (Å²) in [4.78, 5) is 15.0. The van der Waals surface area contributed by atoms with E-state index in [4.69, 9.17) is 0 Å². The monoisotopic (exact) mass is 261 g/mol. The van der Waals surface area contributed by atoms with Gasteiger partial charge in [-0.1, -0.05) is 6.92 Å². The first kappa shape index (κ1) is 14.1. The Labute approximate surface area is 116 Å². The van der Waals surface area contributed by atoms with E-state index >= 15 is 0 Å². The molecule has 3 nitrogen and oxygen atoms in total. The molecule has 1 fully saturated rings. The highest BCUT2D eigenvalue weighted by molar-refractivity contribution is 5.77. The maximum atomic E-state index is 10.8. The number of rotatable bonds is 4. The number of piperazine rings is 1. The zero-order valence-corrected chi connectivity index (χ0v) is 12.3. The smallest absolute Gasteiger partial charge is 0.150 e. The van der Waals surface area contributed by atoms with Gasteiger partial charge in [0.15, 0.2) is 0 Å². The van der Waals surface area contributed by atoms with Gasteiger partial charge >= 0.3 is 0 Å². The summed E-state index contributed by atoms with van der Waals surface area (Å²) in [7, 11) is 0. The van der Waals surface area contributed by atoms with Crippen molar-refractivity contribution >= 4 is 12.0 Å². The Morgan fingerprint density at radius 1 is 1.37 bits per heavy atom. The first-order valence-corrected chi connectivity index (χ1v) is 7.31. The van der Waals surface area contributed by atoms with Crippen LogP contribution in [0.4, 0.5) is 5.69 Å². The molecule has 1 atom stereocenters. The van der Waals surface area contributed by atoms with Crippen LogP contribution in [0.1, 0.15) is 36.2 Å². The molecule has 0 saturated carbocycles. The summed E-state index contributed by atoms with van der Waals surface area (Å²) in [6.45, 7) is 11.4. The summed E-state index contributed by atoms with van der Waals surface area (Å²) in [5.74, 6) is 0. The number of hydrogen-bond donors (Lipinski definition) is 1. The Morgan fingerprint density at radius 3 is 2.58 bits per heavy atom. The standard InChI is InChI=1S/C16H24N2O/c1-4-14(3)17-7-9-18(10-8-17)16-6-5-15(12-19)11-13(16)2/h5-6,11-12,14H,4,7-10H2,1-3H3/p+1/t14-/m1/s1. The fourth-order valence-corrected chi connectivity index (χ4v) is 2.92. The molecule has 104 valence electrons. The molecule has 19 heavy (non-hydrogen) atoms. The molecular weight excluding hydrogens is 236 g/mol. The number of anilines is 1. The zero-order chi connectivity index (χ0) is 13.8. The number of hydrogen-bond acceptors (Lipinski definition) is 2. The topological polar surface area (TPSA) is 24.8 Å². The van der Waals surface area contributed by atoms with Crippen molar-refractivity contribution in [1.29, 1.82) is 0 Å².